The second-order valence-corrected chi connectivity index (χ2v) is 1.86. The van der Waals surface area contributed by atoms with Crippen LogP contribution < -0.4 is 0 Å². The maximum atomic E-state index is 10.2. The lowest BCUT2D eigenvalue weighted by molar-refractivity contribution is -0.234. The summed E-state index contributed by atoms with van der Waals surface area (Å²) in [6.45, 7) is -0.567. The molecule has 0 bridgehead atoms. The lowest BCUT2D eigenvalue weighted by atomic mass is 10.3. The summed E-state index contributed by atoms with van der Waals surface area (Å²) in [5, 5.41) is 25.6. The molecular formula is C5H10O5. The highest BCUT2D eigenvalue weighted by atomic mass is 16.7. The summed E-state index contributed by atoms with van der Waals surface area (Å²) in [7, 11) is 0. The minimum absolute atomic E-state index is 0.759. The van der Waals surface area contributed by atoms with Gasteiger partial charge in [-0.05, 0) is 0 Å². The van der Waals surface area contributed by atoms with E-state index in [0.29, 0.717) is 0 Å². The number of hydrogen-bond donors (Lipinski definition) is 3. The van der Waals surface area contributed by atoms with Gasteiger partial charge >= 0.3 is 5.97 Å². The quantitative estimate of drug-likeness (QED) is 0.327. The zero-order valence-electron chi connectivity index (χ0n) is 5.57. The van der Waals surface area contributed by atoms with Gasteiger partial charge in [-0.15, -0.1) is 0 Å². The van der Waals surface area contributed by atoms with Crippen molar-refractivity contribution >= 4 is 5.97 Å². The van der Waals surface area contributed by atoms with Crippen LogP contribution in [0.25, 0.3) is 0 Å². The van der Waals surface area contributed by atoms with Crippen molar-refractivity contribution < 1.29 is 24.9 Å². The zero-order chi connectivity index (χ0) is 8.20. The van der Waals surface area contributed by atoms with Gasteiger partial charge < -0.3 is 20.1 Å². The van der Waals surface area contributed by atoms with Gasteiger partial charge in [-0.1, -0.05) is 0 Å². The van der Waals surface area contributed by atoms with Crippen molar-refractivity contribution in [1.82, 2.24) is 0 Å². The highest BCUT2D eigenvalue weighted by Gasteiger charge is 2.28. The third-order valence-electron chi connectivity index (χ3n) is 0.828. The molecule has 0 atom stereocenters. The summed E-state index contributed by atoms with van der Waals surface area (Å²) >= 11 is 0. The fourth-order valence-electron chi connectivity index (χ4n) is 0.382. The van der Waals surface area contributed by atoms with Crippen molar-refractivity contribution in [3.05, 3.63) is 0 Å². The molecule has 0 unspecified atom stereocenters. The smallest absolute Gasteiger partial charge is 0.305 e. The first-order valence-corrected chi connectivity index (χ1v) is 2.68. The van der Waals surface area contributed by atoms with Gasteiger partial charge in [0.1, 0.15) is 13.2 Å². The Hall–Kier alpha value is -0.650. The Balaban J connectivity index is 3.92. The van der Waals surface area contributed by atoms with E-state index in [1.807, 2.05) is 0 Å². The van der Waals surface area contributed by atoms with Crippen molar-refractivity contribution in [3.63, 3.8) is 0 Å². The molecule has 0 spiro atoms. The van der Waals surface area contributed by atoms with Gasteiger partial charge in [0.25, 0.3) is 5.79 Å². The van der Waals surface area contributed by atoms with E-state index in [9.17, 15) is 4.79 Å². The van der Waals surface area contributed by atoms with Crippen molar-refractivity contribution in [2.24, 2.45) is 0 Å². The summed E-state index contributed by atoms with van der Waals surface area (Å²) in [6, 6.07) is 0. The second-order valence-electron chi connectivity index (χ2n) is 1.86. The van der Waals surface area contributed by atoms with Crippen molar-refractivity contribution in [3.8, 4) is 0 Å². The molecule has 0 rings (SSSR count). The van der Waals surface area contributed by atoms with Crippen molar-refractivity contribution in [2.45, 2.75) is 12.7 Å². The van der Waals surface area contributed by atoms with Crippen LogP contribution in [0.15, 0.2) is 0 Å². The predicted octanol–water partition coefficient (Wildman–Crippen LogP) is -1.78. The number of carbonyl (C=O) groups is 1. The average molecular weight is 150 g/mol. The minimum Gasteiger partial charge on any atom is -0.428 e. The van der Waals surface area contributed by atoms with E-state index < -0.39 is 25.0 Å². The van der Waals surface area contributed by atoms with E-state index in [4.69, 9.17) is 15.3 Å². The van der Waals surface area contributed by atoms with Gasteiger partial charge in [0.15, 0.2) is 0 Å². The molecule has 0 heterocycles. The van der Waals surface area contributed by atoms with Crippen LogP contribution in [0.5, 0.6) is 0 Å². The number of aliphatic hydroxyl groups excluding tert-OH is 2. The average Bonchev–Trinajstić information content (AvgIpc) is 1.87. The maximum Gasteiger partial charge on any atom is 0.305 e. The molecular weight excluding hydrogens is 140 g/mol. The lowest BCUT2D eigenvalue weighted by Crippen LogP contribution is -2.41. The van der Waals surface area contributed by atoms with Crippen LogP contribution in [-0.4, -0.2) is 40.3 Å². The molecule has 0 aromatic carbocycles. The van der Waals surface area contributed by atoms with Crippen LogP contribution in [0.1, 0.15) is 6.92 Å². The molecule has 0 aromatic heterocycles. The molecule has 5 nitrogen and oxygen atoms in total. The number of carbonyl (C=O) groups excluding carboxylic acids is 1. The van der Waals surface area contributed by atoms with E-state index in [1.54, 1.807) is 0 Å². The fourth-order valence-corrected chi connectivity index (χ4v) is 0.382. The van der Waals surface area contributed by atoms with Gasteiger partial charge in [-0.3, -0.25) is 4.79 Å². The van der Waals surface area contributed by atoms with Gasteiger partial charge in [0.2, 0.25) is 0 Å². The first-order valence-electron chi connectivity index (χ1n) is 2.68. The van der Waals surface area contributed by atoms with E-state index in [1.165, 1.54) is 0 Å². The van der Waals surface area contributed by atoms with E-state index in [2.05, 4.69) is 4.74 Å². The third kappa shape index (κ3) is 2.77. The molecule has 3 N–H and O–H groups in total. The number of hydrogen-bond acceptors (Lipinski definition) is 5. The van der Waals surface area contributed by atoms with Gasteiger partial charge in [-0.25, -0.2) is 0 Å². The highest BCUT2D eigenvalue weighted by Crippen LogP contribution is 2.03. The standard InChI is InChI=1S/C5H10O5/c1-4(8)10-5(9,2-6)3-7/h6-7,9H,2-3H2,1H3. The number of rotatable bonds is 3. The van der Waals surface area contributed by atoms with Crippen LogP contribution in [0, 0.1) is 0 Å². The van der Waals surface area contributed by atoms with Crippen LogP contribution in [0.3, 0.4) is 0 Å². The summed E-state index contributed by atoms with van der Waals surface area (Å²) in [5.74, 6) is -2.89. The molecule has 0 saturated carbocycles. The fraction of sp³-hybridized carbons (Fsp3) is 0.800. The first kappa shape index (κ1) is 9.35. The Morgan fingerprint density at radius 2 is 1.90 bits per heavy atom. The van der Waals surface area contributed by atoms with Crippen LogP contribution in [0.2, 0.25) is 0 Å². The predicted molar refractivity (Wildman–Crippen MR) is 30.9 cm³/mol. The molecule has 0 aliphatic carbocycles. The number of ether oxygens (including phenoxy) is 1. The number of aliphatic hydroxyl groups is 3. The van der Waals surface area contributed by atoms with Crippen LogP contribution in [-0.2, 0) is 9.53 Å². The molecule has 5 heteroatoms. The summed E-state index contributed by atoms with van der Waals surface area (Å²) < 4.78 is 4.15. The van der Waals surface area contributed by atoms with E-state index in [-0.39, 0.29) is 0 Å². The summed E-state index contributed by atoms with van der Waals surface area (Å²) in [5.41, 5.74) is 0. The lowest BCUT2D eigenvalue weighted by Gasteiger charge is -2.21. The van der Waals surface area contributed by atoms with Gasteiger partial charge in [0.05, 0.1) is 0 Å². The molecule has 0 amide bonds. The van der Waals surface area contributed by atoms with Gasteiger partial charge in [0, 0.05) is 6.92 Å². The van der Waals surface area contributed by atoms with Crippen LogP contribution in [0.4, 0.5) is 0 Å². The molecule has 0 aliphatic rings. The summed E-state index contributed by atoms with van der Waals surface area (Å²) in [4.78, 5) is 10.2. The van der Waals surface area contributed by atoms with Crippen LogP contribution >= 0.6 is 0 Å². The topological polar surface area (TPSA) is 87.0 Å². The highest BCUT2D eigenvalue weighted by molar-refractivity contribution is 5.66. The third-order valence-corrected chi connectivity index (χ3v) is 0.828. The second kappa shape index (κ2) is 3.50. The molecule has 0 aliphatic heterocycles. The van der Waals surface area contributed by atoms with Crippen molar-refractivity contribution in [1.29, 1.82) is 0 Å². The zero-order valence-corrected chi connectivity index (χ0v) is 5.57. The SMILES string of the molecule is CC(=O)OC(O)(CO)CO. The first-order chi connectivity index (χ1) is 4.54. The molecule has 0 radical (unpaired) electrons. The molecule has 10 heavy (non-hydrogen) atoms. The molecule has 0 saturated heterocycles. The van der Waals surface area contributed by atoms with Gasteiger partial charge in [-0.2, -0.15) is 0 Å². The molecule has 0 aromatic rings. The van der Waals surface area contributed by atoms with Crippen molar-refractivity contribution in [2.75, 3.05) is 13.2 Å². The monoisotopic (exact) mass is 150 g/mol. The molecule has 0 fully saturated rings. The largest absolute Gasteiger partial charge is 0.428 e. The normalized spacial score (nSPS) is 11.2. The van der Waals surface area contributed by atoms with E-state index in [0.717, 1.165) is 6.92 Å². The summed E-state index contributed by atoms with van der Waals surface area (Å²) in [6.07, 6.45) is 0. The Morgan fingerprint density at radius 1 is 1.50 bits per heavy atom. The Kier molecular flexibility index (Phi) is 3.27. The Morgan fingerprint density at radius 3 is 2.00 bits per heavy atom. The molecule has 60 valence electrons. The minimum atomic E-state index is -2.13. The Labute approximate surface area is 57.9 Å². The maximum absolute atomic E-state index is 10.2. The van der Waals surface area contributed by atoms with E-state index >= 15 is 0 Å². The Bertz CT molecular complexity index is 117. The number of esters is 1.